The molecule has 0 N–H and O–H groups in total. The average molecular weight is 376 g/mol. The van der Waals surface area contributed by atoms with Crippen molar-refractivity contribution < 1.29 is 4.79 Å². The lowest BCUT2D eigenvalue weighted by atomic mass is 9.91. The third-order valence-corrected chi connectivity index (χ3v) is 6.97. The van der Waals surface area contributed by atoms with E-state index in [0.717, 1.165) is 45.4 Å². The number of anilines is 1. The van der Waals surface area contributed by atoms with Gasteiger partial charge in [-0.05, 0) is 48.6 Å². The van der Waals surface area contributed by atoms with E-state index in [1.807, 2.05) is 18.5 Å². The highest BCUT2D eigenvalue weighted by Gasteiger charge is 2.33. The first-order valence-corrected chi connectivity index (χ1v) is 10.8. The van der Waals surface area contributed by atoms with Crippen LogP contribution in [-0.2, 0) is 4.79 Å². The highest BCUT2D eigenvalue weighted by atomic mass is 16.2. The molecule has 1 aromatic heterocycles. The molecule has 1 aliphatic carbocycles. The van der Waals surface area contributed by atoms with E-state index in [2.05, 4.69) is 45.1 Å². The van der Waals surface area contributed by atoms with Gasteiger partial charge in [0.15, 0.2) is 0 Å². The van der Waals surface area contributed by atoms with Crippen LogP contribution in [0.2, 0.25) is 0 Å². The maximum atomic E-state index is 12.7. The SMILES string of the molecule is O=C(C1CCCC1)N1CCC(c2ccc(N3CC(c4cccnc4)C3)cc2)C1. The van der Waals surface area contributed by atoms with Crippen molar-refractivity contribution in [3.8, 4) is 0 Å². The Labute approximate surface area is 167 Å². The minimum absolute atomic E-state index is 0.306. The summed E-state index contributed by atoms with van der Waals surface area (Å²) in [7, 11) is 0. The fraction of sp³-hybridized carbons (Fsp3) is 0.500. The van der Waals surface area contributed by atoms with E-state index in [1.165, 1.54) is 29.7 Å². The topological polar surface area (TPSA) is 36.4 Å². The molecule has 1 aromatic carbocycles. The van der Waals surface area contributed by atoms with Gasteiger partial charge in [-0.1, -0.05) is 31.0 Å². The summed E-state index contributed by atoms with van der Waals surface area (Å²) in [4.78, 5) is 21.5. The van der Waals surface area contributed by atoms with Crippen LogP contribution < -0.4 is 4.90 Å². The number of likely N-dealkylation sites (tertiary alicyclic amines) is 1. The largest absolute Gasteiger partial charge is 0.370 e. The molecule has 0 radical (unpaired) electrons. The van der Waals surface area contributed by atoms with E-state index in [4.69, 9.17) is 0 Å². The van der Waals surface area contributed by atoms with Gasteiger partial charge in [0.1, 0.15) is 0 Å². The summed E-state index contributed by atoms with van der Waals surface area (Å²) in [5, 5.41) is 0. The summed E-state index contributed by atoms with van der Waals surface area (Å²) in [5.74, 6) is 1.82. The van der Waals surface area contributed by atoms with Gasteiger partial charge < -0.3 is 9.80 Å². The lowest BCUT2D eigenvalue weighted by molar-refractivity contribution is -0.134. The first-order valence-electron chi connectivity index (χ1n) is 10.8. The molecule has 3 fully saturated rings. The minimum atomic E-state index is 0.306. The fourth-order valence-electron chi connectivity index (χ4n) is 5.14. The van der Waals surface area contributed by atoms with Crippen molar-refractivity contribution in [3.05, 3.63) is 59.9 Å². The van der Waals surface area contributed by atoms with Gasteiger partial charge in [-0.2, -0.15) is 0 Å². The molecule has 0 bridgehead atoms. The molecule has 4 nitrogen and oxygen atoms in total. The maximum absolute atomic E-state index is 12.7. The molecule has 2 aromatic rings. The summed E-state index contributed by atoms with van der Waals surface area (Å²) in [6.07, 6.45) is 9.59. The summed E-state index contributed by atoms with van der Waals surface area (Å²) in [5.41, 5.74) is 4.03. The smallest absolute Gasteiger partial charge is 0.225 e. The Morgan fingerprint density at radius 1 is 0.893 bits per heavy atom. The highest BCUT2D eigenvalue weighted by molar-refractivity contribution is 5.79. The number of rotatable bonds is 4. The van der Waals surface area contributed by atoms with Gasteiger partial charge in [0, 0.05) is 62.0 Å². The predicted octanol–water partition coefficient (Wildman–Crippen LogP) is 4.19. The minimum Gasteiger partial charge on any atom is -0.370 e. The second kappa shape index (κ2) is 7.57. The zero-order chi connectivity index (χ0) is 18.9. The Hall–Kier alpha value is -2.36. The Morgan fingerprint density at radius 2 is 1.68 bits per heavy atom. The van der Waals surface area contributed by atoms with E-state index in [9.17, 15) is 4.79 Å². The molecule has 2 saturated heterocycles. The number of hydrogen-bond acceptors (Lipinski definition) is 3. The lowest BCUT2D eigenvalue weighted by Crippen LogP contribution is -2.45. The number of carbonyl (C=O) groups excluding carboxylic acids is 1. The standard InChI is InChI=1S/C24H29N3O/c28-24(19-4-1-2-5-19)26-13-11-21(15-26)18-7-9-23(10-8-18)27-16-22(17-27)20-6-3-12-25-14-20/h3,6-10,12,14,19,21-22H,1-2,4-5,11,13,15-17H2. The van der Waals surface area contributed by atoms with E-state index >= 15 is 0 Å². The summed E-state index contributed by atoms with van der Waals surface area (Å²) >= 11 is 0. The van der Waals surface area contributed by atoms with Gasteiger partial charge in [-0.15, -0.1) is 0 Å². The lowest BCUT2D eigenvalue weighted by Gasteiger charge is -2.41. The molecule has 146 valence electrons. The van der Waals surface area contributed by atoms with Crippen molar-refractivity contribution >= 4 is 11.6 Å². The van der Waals surface area contributed by atoms with Gasteiger partial charge in [-0.3, -0.25) is 9.78 Å². The number of pyridine rings is 1. The molecule has 0 spiro atoms. The molecular formula is C24H29N3O. The van der Waals surface area contributed by atoms with Gasteiger partial charge in [0.25, 0.3) is 0 Å². The van der Waals surface area contributed by atoms with E-state index in [-0.39, 0.29) is 0 Å². The molecule has 1 amide bonds. The molecule has 3 heterocycles. The van der Waals surface area contributed by atoms with Crippen LogP contribution in [0.4, 0.5) is 5.69 Å². The van der Waals surface area contributed by atoms with E-state index in [0.29, 0.717) is 23.7 Å². The second-order valence-corrected chi connectivity index (χ2v) is 8.73. The highest BCUT2D eigenvalue weighted by Crippen LogP contribution is 2.35. The van der Waals surface area contributed by atoms with Gasteiger partial charge in [0.2, 0.25) is 5.91 Å². The Balaban J connectivity index is 1.17. The Bertz CT molecular complexity index is 808. The molecule has 1 saturated carbocycles. The van der Waals surface area contributed by atoms with Crippen LogP contribution >= 0.6 is 0 Å². The van der Waals surface area contributed by atoms with Crippen LogP contribution in [0.1, 0.15) is 55.1 Å². The van der Waals surface area contributed by atoms with Gasteiger partial charge in [0.05, 0.1) is 0 Å². The molecule has 4 heteroatoms. The van der Waals surface area contributed by atoms with E-state index in [1.54, 1.807) is 0 Å². The van der Waals surface area contributed by atoms with Crippen molar-refractivity contribution in [3.63, 3.8) is 0 Å². The number of amides is 1. The molecule has 1 atom stereocenters. The van der Waals surface area contributed by atoms with Crippen LogP contribution in [0.3, 0.4) is 0 Å². The first kappa shape index (κ1) is 17.7. The average Bonchev–Trinajstić information content (AvgIpc) is 3.40. The monoisotopic (exact) mass is 375 g/mol. The van der Waals surface area contributed by atoms with Crippen molar-refractivity contribution in [1.82, 2.24) is 9.88 Å². The Morgan fingerprint density at radius 3 is 2.39 bits per heavy atom. The fourth-order valence-corrected chi connectivity index (χ4v) is 5.14. The van der Waals surface area contributed by atoms with Gasteiger partial charge in [-0.25, -0.2) is 0 Å². The summed E-state index contributed by atoms with van der Waals surface area (Å²) < 4.78 is 0. The summed E-state index contributed by atoms with van der Waals surface area (Å²) in [6, 6.07) is 13.3. The number of carbonyl (C=O) groups is 1. The quantitative estimate of drug-likeness (QED) is 0.804. The first-order chi connectivity index (χ1) is 13.8. The van der Waals surface area contributed by atoms with Crippen LogP contribution in [-0.4, -0.2) is 42.0 Å². The zero-order valence-electron chi connectivity index (χ0n) is 16.5. The third-order valence-electron chi connectivity index (χ3n) is 6.97. The van der Waals surface area contributed by atoms with Crippen LogP contribution in [0.25, 0.3) is 0 Å². The number of benzene rings is 1. The van der Waals surface area contributed by atoms with Crippen molar-refractivity contribution in [2.75, 3.05) is 31.1 Å². The molecule has 2 aliphatic heterocycles. The molecule has 1 unspecified atom stereocenters. The molecular weight excluding hydrogens is 346 g/mol. The maximum Gasteiger partial charge on any atom is 0.225 e. The predicted molar refractivity (Wildman–Crippen MR) is 112 cm³/mol. The molecule has 3 aliphatic rings. The third kappa shape index (κ3) is 3.41. The van der Waals surface area contributed by atoms with Crippen LogP contribution in [0, 0.1) is 5.92 Å². The van der Waals surface area contributed by atoms with Crippen molar-refractivity contribution in [1.29, 1.82) is 0 Å². The zero-order valence-corrected chi connectivity index (χ0v) is 16.5. The van der Waals surface area contributed by atoms with Crippen molar-refractivity contribution in [2.24, 2.45) is 5.92 Å². The Kier molecular flexibility index (Phi) is 4.79. The number of aromatic nitrogens is 1. The molecule has 5 rings (SSSR count). The van der Waals surface area contributed by atoms with Crippen molar-refractivity contribution in [2.45, 2.75) is 43.9 Å². The normalized spacial score (nSPS) is 23.2. The van der Waals surface area contributed by atoms with Crippen LogP contribution in [0.5, 0.6) is 0 Å². The summed E-state index contributed by atoms with van der Waals surface area (Å²) in [6.45, 7) is 3.97. The second-order valence-electron chi connectivity index (χ2n) is 8.73. The van der Waals surface area contributed by atoms with E-state index < -0.39 is 0 Å². The van der Waals surface area contributed by atoms with Gasteiger partial charge >= 0.3 is 0 Å². The number of nitrogens with zero attached hydrogens (tertiary/aromatic N) is 3. The molecule has 28 heavy (non-hydrogen) atoms. The van der Waals surface area contributed by atoms with Crippen LogP contribution in [0.15, 0.2) is 48.8 Å². The number of hydrogen-bond donors (Lipinski definition) is 0.